The van der Waals surface area contributed by atoms with Crippen molar-refractivity contribution in [2.45, 2.75) is 116 Å². The molecule has 0 atom stereocenters. The number of carbonyl (C=O) groups is 4. The zero-order chi connectivity index (χ0) is 57.3. The third-order valence-corrected chi connectivity index (χ3v) is 14.9. The summed E-state index contributed by atoms with van der Waals surface area (Å²) in [5.74, 6) is 2.87. The number of hydrazone groups is 1. The molecule has 0 spiro atoms. The maximum absolute atomic E-state index is 13.0. The first kappa shape index (κ1) is 63.5. The van der Waals surface area contributed by atoms with Crippen LogP contribution in [0.2, 0.25) is 0 Å². The van der Waals surface area contributed by atoms with Gasteiger partial charge in [-0.3, -0.25) is 14.4 Å². The van der Waals surface area contributed by atoms with Gasteiger partial charge in [0.1, 0.15) is 23.0 Å². The fourth-order valence-corrected chi connectivity index (χ4v) is 10.0. The highest BCUT2D eigenvalue weighted by Crippen LogP contribution is 2.33. The van der Waals surface area contributed by atoms with E-state index in [1.807, 2.05) is 44.3 Å². The molecule has 2 fully saturated rings. The van der Waals surface area contributed by atoms with E-state index in [2.05, 4.69) is 22.7 Å². The van der Waals surface area contributed by atoms with Gasteiger partial charge in [-0.1, -0.05) is 30.0 Å². The summed E-state index contributed by atoms with van der Waals surface area (Å²) in [4.78, 5) is 74.8. The number of benzene rings is 4. The average Bonchev–Trinajstić information content (AvgIpc) is 3.93. The maximum Gasteiger partial charge on any atom is 0.330 e. The highest BCUT2D eigenvalue weighted by molar-refractivity contribution is 7.22. The monoisotopic (exact) mass is 1160 g/mol. The van der Waals surface area contributed by atoms with E-state index in [9.17, 15) is 19.2 Å². The molecule has 0 saturated heterocycles. The third kappa shape index (κ3) is 24.1. The molecule has 0 bridgehead atoms. The Hall–Kier alpha value is -6.73. The Labute approximate surface area is 485 Å². The summed E-state index contributed by atoms with van der Waals surface area (Å²) in [6.07, 6.45) is 16.6. The number of carbonyl (C=O) groups excluding carboxylic acids is 4. The summed E-state index contributed by atoms with van der Waals surface area (Å²) in [5.41, 5.74) is 1.03. The lowest BCUT2D eigenvalue weighted by Gasteiger charge is -2.26. The number of fused-ring (bicyclic) bond motifs is 1. The molecule has 0 amide bonds. The van der Waals surface area contributed by atoms with E-state index in [4.69, 9.17) is 59.6 Å². The molecule has 2 aliphatic rings. The molecule has 0 unspecified atom stereocenters. The van der Waals surface area contributed by atoms with Crippen LogP contribution >= 0.6 is 22.9 Å². The highest BCUT2D eigenvalue weighted by Gasteiger charge is 2.30. The normalized spacial score (nSPS) is 16.8. The van der Waals surface area contributed by atoms with Crippen molar-refractivity contribution in [3.8, 4) is 34.5 Å². The van der Waals surface area contributed by atoms with Gasteiger partial charge < -0.3 is 38.2 Å². The standard InChI is InChI=1S/C52H67ClO14.C10H11N3S/c1-2-49(54)60-35-9-5-3-7-33-58-43-19-23-45(24-20-43)64-51(56)41-15-11-40(12-16-41)38-63-67-48-29-25-46(26-30-48)65-52(57)42-17-13-39(14-18-42)37-62-66-47-27-21-44(22-28-47)59-34-8-4-6-10-36-61-50(55)31-32-53;1-3-11-13(2)10-12-8-6-4-5-7-9(8)14-10/h2,19-30,39-42H,1,3-18,31-38H2;3-7H,1-2H3/b;11-3+. The van der Waals surface area contributed by atoms with Crippen molar-refractivity contribution in [2.24, 2.45) is 28.8 Å². The Bertz CT molecular complexity index is 2620. The van der Waals surface area contributed by atoms with Crippen LogP contribution in [0.25, 0.3) is 10.2 Å². The van der Waals surface area contributed by atoms with E-state index in [0.717, 1.165) is 93.4 Å². The van der Waals surface area contributed by atoms with Gasteiger partial charge in [0.05, 0.1) is 68.1 Å². The molecule has 1 heterocycles. The topological polar surface area (TPSA) is 189 Å². The van der Waals surface area contributed by atoms with Crippen LogP contribution in [0.5, 0.6) is 34.5 Å². The van der Waals surface area contributed by atoms with Crippen LogP contribution in [-0.4, -0.2) is 87.6 Å². The molecule has 438 valence electrons. The molecule has 0 aliphatic heterocycles. The second-order valence-electron chi connectivity index (χ2n) is 19.8. The van der Waals surface area contributed by atoms with Crippen LogP contribution in [0.15, 0.2) is 115 Å². The van der Waals surface area contributed by atoms with E-state index in [1.165, 1.54) is 10.8 Å². The Kier molecular flexibility index (Phi) is 28.7. The molecule has 2 saturated carbocycles. The minimum Gasteiger partial charge on any atom is -0.494 e. The number of hydrogen-bond acceptors (Lipinski definition) is 18. The first-order chi connectivity index (χ1) is 39.6. The molecule has 2 aliphatic carbocycles. The van der Waals surface area contributed by atoms with Crippen LogP contribution in [0, 0.1) is 23.7 Å². The van der Waals surface area contributed by atoms with Gasteiger partial charge >= 0.3 is 23.9 Å². The Morgan fingerprint density at radius 1 is 0.605 bits per heavy atom. The van der Waals surface area contributed by atoms with Gasteiger partial charge in [0, 0.05) is 25.2 Å². The molecule has 0 N–H and O–H groups in total. The van der Waals surface area contributed by atoms with E-state index < -0.39 is 5.97 Å². The van der Waals surface area contributed by atoms with Gasteiger partial charge in [0.25, 0.3) is 0 Å². The average molecular weight is 1160 g/mol. The van der Waals surface area contributed by atoms with Gasteiger partial charge in [-0.05, 0) is 206 Å². The molecule has 1 aromatic heterocycles. The van der Waals surface area contributed by atoms with Crippen LogP contribution in [0.1, 0.15) is 116 Å². The molecule has 81 heavy (non-hydrogen) atoms. The van der Waals surface area contributed by atoms with Crippen molar-refractivity contribution >= 4 is 68.4 Å². The Balaban J connectivity index is 0.000000651. The minimum atomic E-state index is -0.394. The number of para-hydroxylation sites is 1. The van der Waals surface area contributed by atoms with Gasteiger partial charge in [0.2, 0.25) is 5.13 Å². The van der Waals surface area contributed by atoms with Gasteiger partial charge in [-0.15, -0.1) is 11.6 Å². The predicted octanol–water partition coefficient (Wildman–Crippen LogP) is 13.6. The van der Waals surface area contributed by atoms with Crippen LogP contribution < -0.4 is 33.7 Å². The lowest BCUT2D eigenvalue weighted by atomic mass is 9.82. The summed E-state index contributed by atoms with van der Waals surface area (Å²) in [7, 11) is 1.90. The number of thiazole rings is 1. The fourth-order valence-electron chi connectivity index (χ4n) is 8.97. The largest absolute Gasteiger partial charge is 0.494 e. The highest BCUT2D eigenvalue weighted by atomic mass is 35.5. The van der Waals surface area contributed by atoms with Gasteiger partial charge in [-0.25, -0.2) is 14.8 Å². The van der Waals surface area contributed by atoms with E-state index in [-0.39, 0.29) is 53.9 Å². The molecule has 4 aromatic carbocycles. The third-order valence-electron chi connectivity index (χ3n) is 13.6. The van der Waals surface area contributed by atoms with Crippen LogP contribution in [-0.2, 0) is 38.4 Å². The Morgan fingerprint density at radius 3 is 1.51 bits per heavy atom. The second-order valence-corrected chi connectivity index (χ2v) is 21.2. The van der Waals surface area contributed by atoms with Crippen molar-refractivity contribution < 1.29 is 67.1 Å². The number of alkyl halides is 1. The first-order valence-electron chi connectivity index (χ1n) is 28.3. The number of hydrogen-bond donors (Lipinski definition) is 0. The molecular formula is C62H78ClN3O14S. The van der Waals surface area contributed by atoms with E-state index in [0.29, 0.717) is 94.1 Å². The lowest BCUT2D eigenvalue weighted by Crippen LogP contribution is -2.27. The zero-order valence-electron chi connectivity index (χ0n) is 46.7. The summed E-state index contributed by atoms with van der Waals surface area (Å²) in [6, 6.07) is 29.3. The van der Waals surface area contributed by atoms with Gasteiger partial charge in [-0.2, -0.15) is 14.9 Å². The summed E-state index contributed by atoms with van der Waals surface area (Å²) in [6.45, 7) is 8.11. The number of rotatable bonds is 33. The van der Waals surface area contributed by atoms with Gasteiger partial charge in [0.15, 0.2) is 11.5 Å². The number of aromatic nitrogens is 1. The van der Waals surface area contributed by atoms with Crippen molar-refractivity contribution in [3.05, 3.63) is 110 Å². The molecular weight excluding hydrogens is 1080 g/mol. The summed E-state index contributed by atoms with van der Waals surface area (Å²) < 4.78 is 34.2. The number of esters is 4. The first-order valence-corrected chi connectivity index (χ1v) is 29.6. The maximum atomic E-state index is 13.0. The molecule has 7 rings (SSSR count). The number of ether oxygens (including phenoxy) is 6. The number of nitrogens with zero attached hydrogens (tertiary/aromatic N) is 3. The predicted molar refractivity (Wildman–Crippen MR) is 312 cm³/mol. The molecule has 17 nitrogen and oxygen atoms in total. The minimum absolute atomic E-state index is 0.169. The number of anilines is 1. The molecule has 19 heteroatoms. The molecule has 5 aromatic rings. The van der Waals surface area contributed by atoms with Crippen molar-refractivity contribution in [2.75, 3.05) is 57.6 Å². The van der Waals surface area contributed by atoms with Crippen molar-refractivity contribution in [1.82, 2.24) is 4.98 Å². The number of unbranched alkanes of at least 4 members (excludes halogenated alkanes) is 6. The second kappa shape index (κ2) is 36.6. The smallest absolute Gasteiger partial charge is 0.330 e. The van der Waals surface area contributed by atoms with Crippen LogP contribution in [0.3, 0.4) is 0 Å². The van der Waals surface area contributed by atoms with Crippen molar-refractivity contribution in [3.63, 3.8) is 0 Å². The Morgan fingerprint density at radius 2 is 1.05 bits per heavy atom. The van der Waals surface area contributed by atoms with Crippen LogP contribution in [0.4, 0.5) is 5.13 Å². The van der Waals surface area contributed by atoms with E-state index in [1.54, 1.807) is 83.2 Å². The summed E-state index contributed by atoms with van der Waals surface area (Å²) in [5, 5.41) is 6.85. The SMILES string of the molecule is C/C=N/N(C)c1nc2ccccc2s1.C=CC(=O)OCCCCCCOc1ccc(OC(=O)C2CCC(COOc3ccc(OC(=O)C4CCC(COOc5ccc(OCCCCCCOC(=O)CCCl)cc5)CC4)cc3)CC2)cc1. The van der Waals surface area contributed by atoms with E-state index >= 15 is 0 Å². The lowest BCUT2D eigenvalue weighted by molar-refractivity contribution is -0.218. The fraction of sp³-hybridized carbons (Fsp3) is 0.484. The van der Waals surface area contributed by atoms with Crippen molar-refractivity contribution in [1.29, 1.82) is 0 Å². The zero-order valence-corrected chi connectivity index (χ0v) is 48.3. The molecule has 0 radical (unpaired) electrons. The quantitative estimate of drug-likeness (QED) is 0.00563. The summed E-state index contributed by atoms with van der Waals surface area (Å²) >= 11 is 7.18. The number of halogens is 1.